The molecule has 6 nitrogen and oxygen atoms in total. The number of aryl methyl sites for hydroxylation is 1. The van der Waals surface area contributed by atoms with Crippen LogP contribution in [0.3, 0.4) is 0 Å². The molecule has 1 saturated heterocycles. The molecule has 0 bridgehead atoms. The van der Waals surface area contributed by atoms with Gasteiger partial charge in [0.15, 0.2) is 0 Å². The van der Waals surface area contributed by atoms with Crippen molar-refractivity contribution in [1.29, 1.82) is 0 Å². The van der Waals surface area contributed by atoms with E-state index in [1.807, 2.05) is 22.8 Å². The van der Waals surface area contributed by atoms with Gasteiger partial charge in [-0.2, -0.15) is 5.10 Å². The monoisotopic (exact) mass is 333 g/mol. The largest absolute Gasteiger partial charge is 0.381 e. The highest BCUT2D eigenvalue weighted by Gasteiger charge is 2.34. The standard InChI is InChI=1S/C18H27N3O3/c1-20-17-15(8-19-20)9-21(18(22)14-4-6-23-7-5-14)10-16(17)12-24-11-13-2-3-13/h8,13-14,16H,2-7,9-12H2,1H3. The van der Waals surface area contributed by atoms with Crippen molar-refractivity contribution in [2.45, 2.75) is 38.1 Å². The summed E-state index contributed by atoms with van der Waals surface area (Å²) >= 11 is 0. The van der Waals surface area contributed by atoms with Crippen molar-refractivity contribution in [1.82, 2.24) is 14.7 Å². The molecular formula is C18H27N3O3. The van der Waals surface area contributed by atoms with Gasteiger partial charge >= 0.3 is 0 Å². The molecule has 3 aliphatic rings. The van der Waals surface area contributed by atoms with E-state index in [9.17, 15) is 4.79 Å². The van der Waals surface area contributed by atoms with E-state index >= 15 is 0 Å². The molecule has 24 heavy (non-hydrogen) atoms. The summed E-state index contributed by atoms with van der Waals surface area (Å²) in [4.78, 5) is 14.9. The molecule has 0 spiro atoms. The molecule has 4 rings (SSSR count). The van der Waals surface area contributed by atoms with Crippen molar-refractivity contribution in [3.63, 3.8) is 0 Å². The summed E-state index contributed by atoms with van der Waals surface area (Å²) in [5, 5.41) is 4.41. The number of carbonyl (C=O) groups is 1. The minimum Gasteiger partial charge on any atom is -0.381 e. The van der Waals surface area contributed by atoms with Gasteiger partial charge in [0, 0.05) is 57.4 Å². The Kier molecular flexibility index (Phi) is 4.59. The average Bonchev–Trinajstić information content (AvgIpc) is 3.36. The van der Waals surface area contributed by atoms with Gasteiger partial charge in [0.25, 0.3) is 0 Å². The SMILES string of the molecule is Cn1ncc2c1C(COCC1CC1)CN(C(=O)C1CCOCC1)C2. The Hall–Kier alpha value is -1.40. The number of ether oxygens (including phenoxy) is 2. The number of nitrogens with zero attached hydrogens (tertiary/aromatic N) is 3. The van der Waals surface area contributed by atoms with E-state index in [0.717, 1.165) is 31.9 Å². The fraction of sp³-hybridized carbons (Fsp3) is 0.778. The van der Waals surface area contributed by atoms with E-state index in [1.54, 1.807) is 0 Å². The van der Waals surface area contributed by atoms with Gasteiger partial charge in [0.05, 0.1) is 18.5 Å². The third kappa shape index (κ3) is 3.35. The summed E-state index contributed by atoms with van der Waals surface area (Å²) in [7, 11) is 1.99. The Bertz CT molecular complexity index is 590. The van der Waals surface area contributed by atoms with Crippen LogP contribution < -0.4 is 0 Å². The highest BCUT2D eigenvalue weighted by atomic mass is 16.5. The molecule has 1 unspecified atom stereocenters. The molecule has 1 aliphatic carbocycles. The summed E-state index contributed by atoms with van der Waals surface area (Å²) < 4.78 is 13.3. The molecule has 2 fully saturated rings. The highest BCUT2D eigenvalue weighted by molar-refractivity contribution is 5.79. The summed E-state index contributed by atoms with van der Waals surface area (Å²) in [6.07, 6.45) is 6.20. The lowest BCUT2D eigenvalue weighted by Crippen LogP contribution is -2.44. The Morgan fingerprint density at radius 3 is 2.83 bits per heavy atom. The molecule has 1 amide bonds. The first-order valence-electron chi connectivity index (χ1n) is 9.17. The number of carbonyl (C=O) groups excluding carboxylic acids is 1. The van der Waals surface area contributed by atoms with Gasteiger partial charge in [0.2, 0.25) is 5.91 Å². The van der Waals surface area contributed by atoms with Gasteiger partial charge < -0.3 is 14.4 Å². The normalized spacial score (nSPS) is 24.9. The zero-order valence-corrected chi connectivity index (χ0v) is 14.4. The van der Waals surface area contributed by atoms with E-state index in [4.69, 9.17) is 9.47 Å². The van der Waals surface area contributed by atoms with Crippen LogP contribution >= 0.6 is 0 Å². The van der Waals surface area contributed by atoms with Crippen LogP contribution in [0.5, 0.6) is 0 Å². The molecule has 6 heteroatoms. The molecule has 0 radical (unpaired) electrons. The molecule has 1 atom stereocenters. The second-order valence-electron chi connectivity index (χ2n) is 7.46. The van der Waals surface area contributed by atoms with E-state index in [1.165, 1.54) is 24.1 Å². The van der Waals surface area contributed by atoms with Gasteiger partial charge in [-0.3, -0.25) is 9.48 Å². The van der Waals surface area contributed by atoms with Gasteiger partial charge in [0.1, 0.15) is 0 Å². The first-order valence-corrected chi connectivity index (χ1v) is 9.17. The number of hydrogen-bond donors (Lipinski definition) is 0. The minimum absolute atomic E-state index is 0.116. The first-order chi connectivity index (χ1) is 11.7. The Balaban J connectivity index is 1.45. The summed E-state index contributed by atoms with van der Waals surface area (Å²) in [6, 6.07) is 0. The minimum atomic E-state index is 0.116. The lowest BCUT2D eigenvalue weighted by molar-refractivity contribution is -0.140. The fourth-order valence-corrected chi connectivity index (χ4v) is 3.93. The topological polar surface area (TPSA) is 56.6 Å². The zero-order valence-electron chi connectivity index (χ0n) is 14.4. The number of fused-ring (bicyclic) bond motifs is 1. The number of amides is 1. The van der Waals surface area contributed by atoms with Gasteiger partial charge in [-0.15, -0.1) is 0 Å². The highest BCUT2D eigenvalue weighted by Crippen LogP contribution is 2.32. The van der Waals surface area contributed by atoms with E-state index < -0.39 is 0 Å². The lowest BCUT2D eigenvalue weighted by Gasteiger charge is -2.36. The van der Waals surface area contributed by atoms with E-state index in [-0.39, 0.29) is 17.7 Å². The summed E-state index contributed by atoms with van der Waals surface area (Å²) in [5.74, 6) is 1.38. The molecule has 132 valence electrons. The molecule has 1 saturated carbocycles. The molecular weight excluding hydrogens is 306 g/mol. The van der Waals surface area contributed by atoms with Crippen LogP contribution in [-0.2, 0) is 27.9 Å². The average molecular weight is 333 g/mol. The summed E-state index contributed by atoms with van der Waals surface area (Å²) in [5.41, 5.74) is 2.41. The predicted molar refractivity (Wildman–Crippen MR) is 88.5 cm³/mol. The smallest absolute Gasteiger partial charge is 0.226 e. The number of rotatable bonds is 5. The molecule has 2 aliphatic heterocycles. The van der Waals surface area contributed by atoms with Gasteiger partial charge in [-0.25, -0.2) is 0 Å². The van der Waals surface area contributed by atoms with Crippen molar-refractivity contribution >= 4 is 5.91 Å². The maximum Gasteiger partial charge on any atom is 0.226 e. The maximum absolute atomic E-state index is 12.9. The first kappa shape index (κ1) is 16.1. The van der Waals surface area contributed by atoms with Crippen LogP contribution in [0.1, 0.15) is 42.9 Å². The molecule has 1 aromatic heterocycles. The van der Waals surface area contributed by atoms with Gasteiger partial charge in [-0.1, -0.05) is 0 Å². The van der Waals surface area contributed by atoms with Crippen molar-refractivity contribution < 1.29 is 14.3 Å². The van der Waals surface area contributed by atoms with Crippen LogP contribution in [0.2, 0.25) is 0 Å². The van der Waals surface area contributed by atoms with Crippen LogP contribution in [0.4, 0.5) is 0 Å². The zero-order chi connectivity index (χ0) is 16.5. The molecule has 0 N–H and O–H groups in total. The molecule has 1 aromatic rings. The molecule has 3 heterocycles. The van der Waals surface area contributed by atoms with Crippen molar-refractivity contribution in [2.75, 3.05) is 33.0 Å². The third-order valence-corrected chi connectivity index (χ3v) is 5.50. The summed E-state index contributed by atoms with van der Waals surface area (Å²) in [6.45, 7) is 4.37. The van der Waals surface area contributed by atoms with E-state index in [2.05, 4.69) is 5.10 Å². The van der Waals surface area contributed by atoms with Crippen LogP contribution in [0, 0.1) is 11.8 Å². The maximum atomic E-state index is 12.9. The Morgan fingerprint density at radius 1 is 1.29 bits per heavy atom. The van der Waals surface area contributed by atoms with Crippen molar-refractivity contribution in [2.24, 2.45) is 18.9 Å². The third-order valence-electron chi connectivity index (χ3n) is 5.50. The lowest BCUT2D eigenvalue weighted by atomic mass is 9.93. The fourth-order valence-electron chi connectivity index (χ4n) is 3.93. The van der Waals surface area contributed by atoms with Gasteiger partial charge in [-0.05, 0) is 31.6 Å². The Morgan fingerprint density at radius 2 is 2.08 bits per heavy atom. The second-order valence-corrected chi connectivity index (χ2v) is 7.46. The Labute approximate surface area is 143 Å². The van der Waals surface area contributed by atoms with Crippen LogP contribution in [0.15, 0.2) is 6.20 Å². The number of hydrogen-bond acceptors (Lipinski definition) is 4. The predicted octanol–water partition coefficient (Wildman–Crippen LogP) is 1.70. The van der Waals surface area contributed by atoms with Crippen molar-refractivity contribution in [3.05, 3.63) is 17.5 Å². The van der Waals surface area contributed by atoms with Crippen LogP contribution in [0.25, 0.3) is 0 Å². The second kappa shape index (κ2) is 6.84. The number of aromatic nitrogens is 2. The van der Waals surface area contributed by atoms with E-state index in [0.29, 0.717) is 26.4 Å². The van der Waals surface area contributed by atoms with Crippen LogP contribution in [-0.4, -0.2) is 53.6 Å². The molecule has 0 aromatic carbocycles. The quantitative estimate of drug-likeness (QED) is 0.823. The van der Waals surface area contributed by atoms with Crippen molar-refractivity contribution in [3.8, 4) is 0 Å².